The maximum absolute atomic E-state index is 12.4. The molecule has 14 nitrogen and oxygen atoms in total. The first-order valence-corrected chi connectivity index (χ1v) is 8.40. The van der Waals surface area contributed by atoms with Crippen LogP contribution in [-0.4, -0.2) is 81.7 Å². The van der Waals surface area contributed by atoms with Crippen molar-refractivity contribution in [2.45, 2.75) is 50.4 Å². The van der Waals surface area contributed by atoms with Crippen molar-refractivity contribution in [2.75, 3.05) is 6.54 Å². The minimum atomic E-state index is -1.71. The highest BCUT2D eigenvalue weighted by atomic mass is 16.4. The summed E-state index contributed by atoms with van der Waals surface area (Å²) in [7, 11) is 0. The molecular formula is C15H25N5O9. The van der Waals surface area contributed by atoms with E-state index in [1.54, 1.807) is 0 Å². The number of aliphatic carboxylic acids is 2. The van der Waals surface area contributed by atoms with Crippen molar-refractivity contribution in [2.24, 2.45) is 11.5 Å². The predicted octanol–water partition coefficient (Wildman–Crippen LogP) is -4.39. The molecule has 14 heteroatoms. The first kappa shape index (κ1) is 25.7. The van der Waals surface area contributed by atoms with Crippen LogP contribution in [0.4, 0.5) is 0 Å². The lowest BCUT2D eigenvalue weighted by Crippen LogP contribution is -2.58. The molecule has 0 fully saturated rings. The standard InChI is InChI=1S/C15H25N5O9/c1-6(21)12(15(28)29)20-13(26)7(2-3-9(17)22)19-14(27)8(4-11(24)25)18-10(23)5-16/h6-8,12,21H,2-5,16H2,1H3,(H2,17,22)(H,18,23)(H,19,27)(H,20,26)(H,24,25)(H,28,29). The molecule has 0 heterocycles. The molecule has 4 unspecified atom stereocenters. The highest BCUT2D eigenvalue weighted by molar-refractivity contribution is 5.95. The molecule has 0 aromatic carbocycles. The number of aliphatic hydroxyl groups excluding tert-OH is 1. The van der Waals surface area contributed by atoms with Gasteiger partial charge in [-0.2, -0.15) is 0 Å². The fraction of sp³-hybridized carbons (Fsp3) is 0.600. The van der Waals surface area contributed by atoms with Gasteiger partial charge in [-0.05, 0) is 13.3 Å². The lowest BCUT2D eigenvalue weighted by Gasteiger charge is -2.24. The van der Waals surface area contributed by atoms with Crippen LogP contribution in [0.3, 0.4) is 0 Å². The Morgan fingerprint density at radius 3 is 1.90 bits per heavy atom. The molecule has 0 radical (unpaired) electrons. The Bertz CT molecular complexity index is 652. The largest absolute Gasteiger partial charge is 0.481 e. The normalized spacial score (nSPS) is 14.6. The van der Waals surface area contributed by atoms with E-state index in [1.165, 1.54) is 0 Å². The smallest absolute Gasteiger partial charge is 0.328 e. The van der Waals surface area contributed by atoms with E-state index >= 15 is 0 Å². The van der Waals surface area contributed by atoms with Crippen molar-refractivity contribution in [1.29, 1.82) is 0 Å². The van der Waals surface area contributed by atoms with Crippen molar-refractivity contribution >= 4 is 35.6 Å². The second kappa shape index (κ2) is 12.2. The number of carboxylic acids is 2. The molecule has 0 aliphatic heterocycles. The van der Waals surface area contributed by atoms with Crippen LogP contribution in [0.5, 0.6) is 0 Å². The van der Waals surface area contributed by atoms with E-state index in [0.717, 1.165) is 6.92 Å². The van der Waals surface area contributed by atoms with E-state index in [1.807, 2.05) is 5.32 Å². The Morgan fingerprint density at radius 1 is 0.931 bits per heavy atom. The van der Waals surface area contributed by atoms with Gasteiger partial charge in [0.05, 0.1) is 19.1 Å². The molecule has 0 bridgehead atoms. The summed E-state index contributed by atoms with van der Waals surface area (Å²) in [6.45, 7) is 0.588. The minimum absolute atomic E-state index is 0.344. The first-order chi connectivity index (χ1) is 13.4. The Hall–Kier alpha value is -3.26. The van der Waals surface area contributed by atoms with Crippen LogP contribution in [0, 0.1) is 0 Å². The van der Waals surface area contributed by atoms with E-state index in [-0.39, 0.29) is 12.8 Å². The summed E-state index contributed by atoms with van der Waals surface area (Å²) in [5.41, 5.74) is 10.1. The average molecular weight is 419 g/mol. The summed E-state index contributed by atoms with van der Waals surface area (Å²) in [4.78, 5) is 69.1. The summed E-state index contributed by atoms with van der Waals surface area (Å²) in [6, 6.07) is -4.79. The van der Waals surface area contributed by atoms with E-state index < -0.39 is 72.8 Å². The maximum atomic E-state index is 12.4. The van der Waals surface area contributed by atoms with Crippen LogP contribution < -0.4 is 27.4 Å². The number of carboxylic acid groups (broad SMARTS) is 2. The van der Waals surface area contributed by atoms with Crippen LogP contribution in [-0.2, 0) is 28.8 Å². The van der Waals surface area contributed by atoms with Gasteiger partial charge < -0.3 is 42.7 Å². The highest BCUT2D eigenvalue weighted by Gasteiger charge is 2.32. The van der Waals surface area contributed by atoms with Gasteiger partial charge in [0.2, 0.25) is 23.6 Å². The summed E-state index contributed by atoms with van der Waals surface area (Å²) in [6.07, 6.45) is -3.02. The number of carbonyl (C=O) groups is 6. The number of primary amides is 1. The molecule has 0 saturated heterocycles. The van der Waals surface area contributed by atoms with Gasteiger partial charge in [0.1, 0.15) is 12.1 Å². The van der Waals surface area contributed by atoms with Gasteiger partial charge in [0.25, 0.3) is 0 Å². The van der Waals surface area contributed by atoms with Crippen molar-refractivity contribution in [3.63, 3.8) is 0 Å². The third kappa shape index (κ3) is 10.0. The van der Waals surface area contributed by atoms with Gasteiger partial charge >= 0.3 is 11.9 Å². The fourth-order valence-electron chi connectivity index (χ4n) is 2.11. The van der Waals surface area contributed by atoms with Gasteiger partial charge in [0.15, 0.2) is 6.04 Å². The summed E-state index contributed by atoms with van der Waals surface area (Å²) in [5, 5.41) is 33.6. The zero-order valence-corrected chi connectivity index (χ0v) is 15.6. The van der Waals surface area contributed by atoms with Crippen LogP contribution in [0.25, 0.3) is 0 Å². The fourth-order valence-corrected chi connectivity index (χ4v) is 2.11. The van der Waals surface area contributed by atoms with Crippen LogP contribution in [0.15, 0.2) is 0 Å². The predicted molar refractivity (Wildman–Crippen MR) is 94.8 cm³/mol. The quantitative estimate of drug-likeness (QED) is 0.142. The summed E-state index contributed by atoms with van der Waals surface area (Å²) >= 11 is 0. The molecule has 0 aliphatic rings. The molecule has 0 aromatic rings. The number of nitrogens with two attached hydrogens (primary N) is 2. The number of amides is 4. The molecule has 164 valence electrons. The lowest BCUT2D eigenvalue weighted by atomic mass is 10.1. The molecule has 0 saturated carbocycles. The Kier molecular flexibility index (Phi) is 10.9. The summed E-state index contributed by atoms with van der Waals surface area (Å²) < 4.78 is 0. The van der Waals surface area contributed by atoms with Crippen LogP contribution in [0.2, 0.25) is 0 Å². The van der Waals surface area contributed by atoms with Crippen LogP contribution in [0.1, 0.15) is 26.2 Å². The SMILES string of the molecule is CC(O)C(NC(=O)C(CCC(N)=O)NC(=O)C(CC(=O)O)NC(=O)CN)C(=O)O. The number of rotatable bonds is 13. The first-order valence-electron chi connectivity index (χ1n) is 8.40. The number of aliphatic hydroxyl groups is 1. The molecule has 0 spiro atoms. The van der Waals surface area contributed by atoms with Gasteiger partial charge in [-0.1, -0.05) is 0 Å². The van der Waals surface area contributed by atoms with E-state index in [4.69, 9.17) is 21.7 Å². The molecule has 10 N–H and O–H groups in total. The number of nitrogens with one attached hydrogen (secondary N) is 3. The molecular weight excluding hydrogens is 394 g/mol. The molecule has 0 aromatic heterocycles. The topological polar surface area (TPSA) is 251 Å². The van der Waals surface area contributed by atoms with E-state index in [9.17, 15) is 33.9 Å². The van der Waals surface area contributed by atoms with Crippen LogP contribution >= 0.6 is 0 Å². The van der Waals surface area contributed by atoms with Crippen molar-refractivity contribution in [3.8, 4) is 0 Å². The Morgan fingerprint density at radius 2 is 1.48 bits per heavy atom. The van der Waals surface area contributed by atoms with Crippen molar-refractivity contribution in [1.82, 2.24) is 16.0 Å². The second-order valence-corrected chi connectivity index (χ2v) is 6.05. The second-order valence-electron chi connectivity index (χ2n) is 6.05. The Balaban J connectivity index is 5.45. The molecule has 4 atom stereocenters. The molecule has 29 heavy (non-hydrogen) atoms. The Labute approximate surface area is 165 Å². The average Bonchev–Trinajstić information content (AvgIpc) is 2.60. The molecule has 0 rings (SSSR count). The van der Waals surface area contributed by atoms with Crippen molar-refractivity contribution < 1.29 is 44.1 Å². The van der Waals surface area contributed by atoms with Gasteiger partial charge in [0, 0.05) is 6.42 Å². The van der Waals surface area contributed by atoms with Crippen molar-refractivity contribution in [3.05, 3.63) is 0 Å². The van der Waals surface area contributed by atoms with E-state index in [2.05, 4.69) is 10.6 Å². The number of hydrogen-bond donors (Lipinski definition) is 8. The maximum Gasteiger partial charge on any atom is 0.328 e. The van der Waals surface area contributed by atoms with Gasteiger partial charge in [-0.25, -0.2) is 4.79 Å². The number of hydrogen-bond acceptors (Lipinski definition) is 8. The van der Waals surface area contributed by atoms with E-state index in [0.29, 0.717) is 0 Å². The minimum Gasteiger partial charge on any atom is -0.481 e. The zero-order chi connectivity index (χ0) is 22.7. The van der Waals surface area contributed by atoms with Gasteiger partial charge in [-0.3, -0.25) is 24.0 Å². The highest BCUT2D eigenvalue weighted by Crippen LogP contribution is 2.03. The molecule has 4 amide bonds. The van der Waals surface area contributed by atoms with Gasteiger partial charge in [-0.15, -0.1) is 0 Å². The molecule has 0 aliphatic carbocycles. The monoisotopic (exact) mass is 419 g/mol. The zero-order valence-electron chi connectivity index (χ0n) is 15.6. The lowest BCUT2D eigenvalue weighted by molar-refractivity contribution is -0.145. The third-order valence-electron chi connectivity index (χ3n) is 3.57. The number of carbonyl (C=O) groups excluding carboxylic acids is 4. The third-order valence-corrected chi connectivity index (χ3v) is 3.57. The summed E-state index contributed by atoms with van der Waals surface area (Å²) in [5.74, 6) is -6.77.